The molecule has 9 rings (SSSR count). The molecule has 1 aliphatic rings. The molecule has 0 amide bonds. The third-order valence-corrected chi connectivity index (χ3v) is 10.6. The van der Waals surface area contributed by atoms with Gasteiger partial charge in [0.05, 0.1) is 11.2 Å². The highest BCUT2D eigenvalue weighted by Crippen LogP contribution is 2.46. The van der Waals surface area contributed by atoms with Crippen LogP contribution in [0.15, 0.2) is 151 Å². The number of rotatable bonds is 4. The topological polar surface area (TPSA) is 34.5 Å². The van der Waals surface area contributed by atoms with Crippen LogP contribution in [-0.4, -0.2) is 22.0 Å². The third-order valence-electron chi connectivity index (χ3n) is 10.6. The fraction of sp³-hybridized carbons (Fsp3) is 0.130. The minimum Gasteiger partial charge on any atom is -0.468 e. The SMILES string of the molecule is CC1(C)N=C(c2cccc(-c3ccc4c(-c5ccc6ccccc6c5)c5ccccc5c(-c5ccc6ccccc6c5)c4c3)n2)OC1(C)C. The summed E-state index contributed by atoms with van der Waals surface area (Å²) >= 11 is 0. The van der Waals surface area contributed by atoms with Gasteiger partial charge in [-0.1, -0.05) is 115 Å². The second kappa shape index (κ2) is 10.9. The van der Waals surface area contributed by atoms with Gasteiger partial charge in [-0.3, -0.25) is 0 Å². The van der Waals surface area contributed by atoms with Gasteiger partial charge in [0.25, 0.3) is 0 Å². The molecule has 0 unspecified atom stereocenters. The number of nitrogens with zero attached hydrogens (tertiary/aromatic N) is 2. The molecular formula is C46H36N2O. The van der Waals surface area contributed by atoms with E-state index in [0.29, 0.717) is 5.90 Å². The largest absolute Gasteiger partial charge is 0.468 e. The molecule has 0 saturated carbocycles. The van der Waals surface area contributed by atoms with Gasteiger partial charge in [0.2, 0.25) is 5.90 Å². The van der Waals surface area contributed by atoms with Gasteiger partial charge in [0.1, 0.15) is 11.3 Å². The van der Waals surface area contributed by atoms with Crippen LogP contribution in [-0.2, 0) is 4.74 Å². The summed E-state index contributed by atoms with van der Waals surface area (Å²) in [6, 6.07) is 52.7. The van der Waals surface area contributed by atoms with Crippen molar-refractivity contribution in [3.05, 3.63) is 151 Å². The number of hydrogen-bond donors (Lipinski definition) is 0. The van der Waals surface area contributed by atoms with Crippen LogP contribution in [0.3, 0.4) is 0 Å². The van der Waals surface area contributed by atoms with Gasteiger partial charge in [-0.2, -0.15) is 0 Å². The molecule has 0 saturated heterocycles. The van der Waals surface area contributed by atoms with Crippen LogP contribution in [0.4, 0.5) is 0 Å². The lowest BCUT2D eigenvalue weighted by Crippen LogP contribution is -2.41. The Morgan fingerprint density at radius 2 is 0.939 bits per heavy atom. The number of benzene rings is 7. The smallest absolute Gasteiger partial charge is 0.236 e. The first kappa shape index (κ1) is 29.3. The Labute approximate surface area is 286 Å². The minimum atomic E-state index is -0.419. The van der Waals surface area contributed by atoms with E-state index in [9.17, 15) is 0 Å². The van der Waals surface area contributed by atoms with E-state index in [1.54, 1.807) is 0 Å². The summed E-state index contributed by atoms with van der Waals surface area (Å²) in [5, 5.41) is 9.80. The van der Waals surface area contributed by atoms with Crippen molar-refractivity contribution in [1.29, 1.82) is 0 Å². The minimum absolute atomic E-state index is 0.349. The van der Waals surface area contributed by atoms with Crippen LogP contribution in [0.5, 0.6) is 0 Å². The third kappa shape index (κ3) is 4.80. The van der Waals surface area contributed by atoms with E-state index in [1.165, 1.54) is 65.3 Å². The average molecular weight is 633 g/mol. The van der Waals surface area contributed by atoms with Gasteiger partial charge in [-0.05, 0) is 123 Å². The lowest BCUT2D eigenvalue weighted by molar-refractivity contribution is 0.0617. The normalized spacial score (nSPS) is 15.1. The highest BCUT2D eigenvalue weighted by Gasteiger charge is 2.46. The molecule has 236 valence electrons. The van der Waals surface area contributed by atoms with E-state index >= 15 is 0 Å². The second-order valence-electron chi connectivity index (χ2n) is 14.2. The van der Waals surface area contributed by atoms with E-state index in [2.05, 4.69) is 167 Å². The van der Waals surface area contributed by atoms with Crippen LogP contribution in [0, 0.1) is 0 Å². The summed E-state index contributed by atoms with van der Waals surface area (Å²) < 4.78 is 6.35. The monoisotopic (exact) mass is 632 g/mol. The lowest BCUT2D eigenvalue weighted by atomic mass is 9.84. The Balaban J connectivity index is 1.32. The molecule has 0 spiro atoms. The molecule has 0 fully saturated rings. The van der Waals surface area contributed by atoms with Crippen molar-refractivity contribution >= 4 is 49.0 Å². The lowest BCUT2D eigenvalue weighted by Gasteiger charge is -2.30. The zero-order chi connectivity index (χ0) is 33.3. The molecule has 3 nitrogen and oxygen atoms in total. The molecule has 0 radical (unpaired) electrons. The van der Waals surface area contributed by atoms with Crippen molar-refractivity contribution in [1.82, 2.24) is 4.98 Å². The van der Waals surface area contributed by atoms with E-state index < -0.39 is 5.60 Å². The van der Waals surface area contributed by atoms with Gasteiger partial charge in [-0.15, -0.1) is 0 Å². The summed E-state index contributed by atoms with van der Waals surface area (Å²) in [6.45, 7) is 8.39. The standard InChI is InChI=1S/C46H36N2O/c1-45(2)46(3,4)49-44(48-45)41-19-11-18-40(47-41)33-24-25-38-39(28-33)43(35-23-21-30-13-6-8-15-32(30)27-35)37-17-10-9-16-36(37)42(38)34-22-20-29-12-5-7-14-31(29)26-34/h5-28H,1-4H3. The van der Waals surface area contributed by atoms with E-state index in [0.717, 1.165) is 17.0 Å². The van der Waals surface area contributed by atoms with E-state index in [4.69, 9.17) is 14.7 Å². The fourth-order valence-corrected chi connectivity index (χ4v) is 7.25. The van der Waals surface area contributed by atoms with Crippen molar-refractivity contribution < 1.29 is 4.74 Å². The maximum absolute atomic E-state index is 6.35. The molecule has 2 heterocycles. The predicted molar refractivity (Wildman–Crippen MR) is 206 cm³/mol. The molecule has 7 aromatic carbocycles. The van der Waals surface area contributed by atoms with Crippen LogP contribution in [0.1, 0.15) is 33.4 Å². The highest BCUT2D eigenvalue weighted by molar-refractivity contribution is 6.22. The van der Waals surface area contributed by atoms with E-state index in [-0.39, 0.29) is 5.54 Å². The summed E-state index contributed by atoms with van der Waals surface area (Å²) in [7, 11) is 0. The summed E-state index contributed by atoms with van der Waals surface area (Å²) in [6.07, 6.45) is 0. The van der Waals surface area contributed by atoms with Crippen molar-refractivity contribution in [3.63, 3.8) is 0 Å². The van der Waals surface area contributed by atoms with Crippen molar-refractivity contribution in [2.45, 2.75) is 38.8 Å². The number of fused-ring (bicyclic) bond motifs is 4. The molecule has 1 aliphatic heterocycles. The van der Waals surface area contributed by atoms with Gasteiger partial charge in [0.15, 0.2) is 0 Å². The first-order valence-corrected chi connectivity index (χ1v) is 17.0. The second-order valence-corrected chi connectivity index (χ2v) is 14.2. The summed E-state index contributed by atoms with van der Waals surface area (Å²) in [5.74, 6) is 0.596. The molecule has 49 heavy (non-hydrogen) atoms. The average Bonchev–Trinajstić information content (AvgIpc) is 3.35. The van der Waals surface area contributed by atoms with Crippen LogP contribution in [0.2, 0.25) is 0 Å². The van der Waals surface area contributed by atoms with Crippen molar-refractivity contribution in [3.8, 4) is 33.5 Å². The molecule has 0 bridgehead atoms. The first-order chi connectivity index (χ1) is 23.8. The maximum Gasteiger partial charge on any atom is 0.236 e. The number of hydrogen-bond acceptors (Lipinski definition) is 3. The number of ether oxygens (including phenoxy) is 1. The molecule has 1 aromatic heterocycles. The zero-order valence-electron chi connectivity index (χ0n) is 28.2. The van der Waals surface area contributed by atoms with Crippen LogP contribution < -0.4 is 0 Å². The first-order valence-electron chi connectivity index (χ1n) is 17.0. The van der Waals surface area contributed by atoms with Crippen molar-refractivity contribution in [2.75, 3.05) is 0 Å². The highest BCUT2D eigenvalue weighted by atomic mass is 16.5. The van der Waals surface area contributed by atoms with Crippen molar-refractivity contribution in [2.24, 2.45) is 4.99 Å². The van der Waals surface area contributed by atoms with Gasteiger partial charge in [-0.25, -0.2) is 9.98 Å². The Bertz CT molecular complexity index is 2650. The van der Waals surface area contributed by atoms with Gasteiger partial charge >= 0.3 is 0 Å². The fourth-order valence-electron chi connectivity index (χ4n) is 7.25. The van der Waals surface area contributed by atoms with Crippen LogP contribution >= 0.6 is 0 Å². The Morgan fingerprint density at radius 3 is 1.53 bits per heavy atom. The molecule has 0 atom stereocenters. The molecule has 0 aliphatic carbocycles. The zero-order valence-corrected chi connectivity index (χ0v) is 28.2. The Morgan fingerprint density at radius 1 is 0.429 bits per heavy atom. The summed E-state index contributed by atoms with van der Waals surface area (Å²) in [4.78, 5) is 10.1. The Hall–Kier alpha value is -5.80. The Kier molecular flexibility index (Phi) is 6.51. The molecule has 8 aromatic rings. The molecular weight excluding hydrogens is 597 g/mol. The van der Waals surface area contributed by atoms with Crippen LogP contribution in [0.25, 0.3) is 76.6 Å². The molecule has 0 N–H and O–H groups in total. The maximum atomic E-state index is 6.35. The summed E-state index contributed by atoms with van der Waals surface area (Å²) in [5.41, 5.74) is 6.79. The number of pyridine rings is 1. The van der Waals surface area contributed by atoms with Gasteiger partial charge < -0.3 is 4.74 Å². The van der Waals surface area contributed by atoms with Gasteiger partial charge in [0, 0.05) is 5.56 Å². The number of aliphatic imine (C=N–C) groups is 1. The quantitative estimate of drug-likeness (QED) is 0.181. The predicted octanol–water partition coefficient (Wildman–Crippen LogP) is 12.0. The molecule has 3 heteroatoms. The van der Waals surface area contributed by atoms with E-state index in [1.807, 2.05) is 6.07 Å². The number of aromatic nitrogens is 1.